The van der Waals surface area contributed by atoms with E-state index in [4.69, 9.17) is 4.74 Å². The number of hydrogen-bond donors (Lipinski definition) is 1. The first-order valence-electron chi connectivity index (χ1n) is 6.14. The zero-order valence-electron chi connectivity index (χ0n) is 11.0. The Hall–Kier alpha value is -2.01. The van der Waals surface area contributed by atoms with Gasteiger partial charge in [-0.2, -0.15) is 0 Å². The van der Waals surface area contributed by atoms with Crippen LogP contribution in [-0.4, -0.2) is 16.5 Å². The Labute approximate surface area is 111 Å². The molecular formula is C14H16FN3O. The molecule has 0 fully saturated rings. The van der Waals surface area contributed by atoms with Crippen molar-refractivity contribution in [1.29, 1.82) is 0 Å². The molecule has 0 aliphatic heterocycles. The molecule has 0 aliphatic carbocycles. The predicted octanol–water partition coefficient (Wildman–Crippen LogP) is 2.83. The second-order valence-electron chi connectivity index (χ2n) is 4.14. The third kappa shape index (κ3) is 3.72. The molecule has 100 valence electrons. The van der Waals surface area contributed by atoms with Crippen LogP contribution in [0.3, 0.4) is 0 Å². The van der Waals surface area contributed by atoms with E-state index in [1.807, 2.05) is 6.92 Å². The average Bonchev–Trinajstić information content (AvgIpc) is 2.41. The Balaban J connectivity index is 2.11. The van der Waals surface area contributed by atoms with Crippen LogP contribution in [-0.2, 0) is 6.54 Å². The molecule has 0 spiro atoms. The molecule has 2 aromatic rings. The van der Waals surface area contributed by atoms with Gasteiger partial charge >= 0.3 is 0 Å². The van der Waals surface area contributed by atoms with E-state index in [9.17, 15) is 4.39 Å². The number of nitrogens with one attached hydrogen (secondary N) is 1. The van der Waals surface area contributed by atoms with Crippen molar-refractivity contribution in [2.75, 3.05) is 6.54 Å². The lowest BCUT2D eigenvalue weighted by Gasteiger charge is -2.07. The number of aromatic nitrogens is 2. The predicted molar refractivity (Wildman–Crippen MR) is 70.6 cm³/mol. The van der Waals surface area contributed by atoms with Crippen molar-refractivity contribution in [3.63, 3.8) is 0 Å². The molecular weight excluding hydrogens is 245 g/mol. The van der Waals surface area contributed by atoms with Gasteiger partial charge in [-0.1, -0.05) is 6.92 Å². The Morgan fingerprint density at radius 1 is 1.32 bits per heavy atom. The molecule has 1 aromatic carbocycles. The minimum Gasteiger partial charge on any atom is -0.437 e. The lowest BCUT2D eigenvalue weighted by molar-refractivity contribution is 0.454. The highest BCUT2D eigenvalue weighted by Gasteiger charge is 2.04. The van der Waals surface area contributed by atoms with Gasteiger partial charge in [0.05, 0.1) is 11.9 Å². The molecule has 5 heteroatoms. The monoisotopic (exact) mass is 261 g/mol. The molecule has 0 atom stereocenters. The molecule has 0 saturated heterocycles. The topological polar surface area (TPSA) is 47.0 Å². The van der Waals surface area contributed by atoms with Crippen LogP contribution in [0, 0.1) is 12.7 Å². The van der Waals surface area contributed by atoms with Gasteiger partial charge in [0.15, 0.2) is 0 Å². The van der Waals surface area contributed by atoms with Crippen molar-refractivity contribution in [2.24, 2.45) is 0 Å². The van der Waals surface area contributed by atoms with Crippen LogP contribution in [0.4, 0.5) is 4.39 Å². The van der Waals surface area contributed by atoms with E-state index in [0.717, 1.165) is 12.2 Å². The smallest absolute Gasteiger partial charge is 0.238 e. The summed E-state index contributed by atoms with van der Waals surface area (Å²) in [5.41, 5.74) is 1.34. The molecule has 1 N–H and O–H groups in total. The fourth-order valence-corrected chi connectivity index (χ4v) is 1.58. The fraction of sp³-hybridized carbons (Fsp3) is 0.286. The Bertz CT molecular complexity index is 560. The van der Waals surface area contributed by atoms with E-state index in [0.29, 0.717) is 23.7 Å². The third-order valence-electron chi connectivity index (χ3n) is 2.57. The Morgan fingerprint density at radius 2 is 2.16 bits per heavy atom. The minimum absolute atomic E-state index is 0.251. The van der Waals surface area contributed by atoms with Gasteiger partial charge in [0, 0.05) is 12.7 Å². The lowest BCUT2D eigenvalue weighted by atomic mass is 10.2. The largest absolute Gasteiger partial charge is 0.437 e. The number of nitrogens with zero attached hydrogens (tertiary/aromatic N) is 2. The highest BCUT2D eigenvalue weighted by atomic mass is 19.1. The van der Waals surface area contributed by atoms with Crippen molar-refractivity contribution in [2.45, 2.75) is 20.4 Å². The van der Waals surface area contributed by atoms with Crippen LogP contribution < -0.4 is 10.1 Å². The van der Waals surface area contributed by atoms with Gasteiger partial charge in [-0.05, 0) is 37.2 Å². The number of hydrogen-bond acceptors (Lipinski definition) is 4. The summed E-state index contributed by atoms with van der Waals surface area (Å²) in [5, 5.41) is 3.16. The van der Waals surface area contributed by atoms with Crippen molar-refractivity contribution in [3.8, 4) is 11.6 Å². The zero-order valence-corrected chi connectivity index (χ0v) is 11.0. The van der Waals surface area contributed by atoms with Gasteiger partial charge in [-0.25, -0.2) is 9.37 Å². The van der Waals surface area contributed by atoms with Crippen LogP contribution in [0.25, 0.3) is 0 Å². The first-order valence-corrected chi connectivity index (χ1v) is 6.14. The summed E-state index contributed by atoms with van der Waals surface area (Å²) in [4.78, 5) is 8.39. The normalized spacial score (nSPS) is 10.5. The first-order chi connectivity index (χ1) is 9.19. The second kappa shape index (κ2) is 6.24. The summed E-state index contributed by atoms with van der Waals surface area (Å²) in [6.07, 6.45) is 3.22. The van der Waals surface area contributed by atoms with E-state index in [1.165, 1.54) is 12.3 Å². The molecule has 0 amide bonds. The summed E-state index contributed by atoms with van der Waals surface area (Å²) in [6, 6.07) is 4.58. The van der Waals surface area contributed by atoms with Crippen molar-refractivity contribution in [3.05, 3.63) is 47.7 Å². The van der Waals surface area contributed by atoms with E-state index in [2.05, 4.69) is 15.3 Å². The van der Waals surface area contributed by atoms with Crippen LogP contribution >= 0.6 is 0 Å². The third-order valence-corrected chi connectivity index (χ3v) is 2.57. The summed E-state index contributed by atoms with van der Waals surface area (Å²) in [6.45, 7) is 5.22. The molecule has 0 unspecified atom stereocenters. The molecule has 0 radical (unpaired) electrons. The van der Waals surface area contributed by atoms with E-state index >= 15 is 0 Å². The van der Waals surface area contributed by atoms with E-state index < -0.39 is 0 Å². The zero-order chi connectivity index (χ0) is 13.7. The summed E-state index contributed by atoms with van der Waals surface area (Å²) >= 11 is 0. The molecule has 4 nitrogen and oxygen atoms in total. The van der Waals surface area contributed by atoms with Crippen LogP contribution in [0.2, 0.25) is 0 Å². The maximum Gasteiger partial charge on any atom is 0.238 e. The van der Waals surface area contributed by atoms with Crippen molar-refractivity contribution >= 4 is 0 Å². The van der Waals surface area contributed by atoms with E-state index in [1.54, 1.807) is 25.3 Å². The number of rotatable bonds is 5. The molecule has 0 bridgehead atoms. The Kier molecular flexibility index (Phi) is 4.41. The molecule has 2 rings (SSSR count). The van der Waals surface area contributed by atoms with Crippen LogP contribution in [0.5, 0.6) is 11.6 Å². The number of aryl methyl sites for hydroxylation is 1. The van der Waals surface area contributed by atoms with Crippen molar-refractivity contribution < 1.29 is 9.13 Å². The van der Waals surface area contributed by atoms with Gasteiger partial charge in [0.2, 0.25) is 5.88 Å². The Morgan fingerprint density at radius 3 is 2.89 bits per heavy atom. The quantitative estimate of drug-likeness (QED) is 0.899. The van der Waals surface area contributed by atoms with Gasteiger partial charge < -0.3 is 10.1 Å². The number of ether oxygens (including phenoxy) is 1. The maximum atomic E-state index is 13.1. The minimum atomic E-state index is -0.251. The molecule has 1 heterocycles. The molecule has 0 aliphatic rings. The number of halogens is 1. The fourth-order valence-electron chi connectivity index (χ4n) is 1.58. The van der Waals surface area contributed by atoms with Gasteiger partial charge in [-0.3, -0.25) is 4.98 Å². The van der Waals surface area contributed by atoms with Crippen molar-refractivity contribution in [1.82, 2.24) is 15.3 Å². The summed E-state index contributed by atoms with van der Waals surface area (Å²) in [5.74, 6) is 0.703. The maximum absolute atomic E-state index is 13.1. The highest BCUT2D eigenvalue weighted by Crippen LogP contribution is 2.21. The van der Waals surface area contributed by atoms with Crippen LogP contribution in [0.1, 0.15) is 18.2 Å². The second-order valence-corrected chi connectivity index (χ2v) is 4.14. The number of benzene rings is 1. The van der Waals surface area contributed by atoms with Gasteiger partial charge in [-0.15, -0.1) is 0 Å². The molecule has 0 saturated carbocycles. The van der Waals surface area contributed by atoms with Gasteiger partial charge in [0.1, 0.15) is 11.6 Å². The molecule has 1 aromatic heterocycles. The SMILES string of the molecule is CCNCc1cncc(Oc2ccc(F)c(C)c2)n1. The standard InChI is InChI=1S/C14H16FN3O/c1-3-16-7-11-8-17-9-14(18-11)19-12-4-5-13(15)10(2)6-12/h4-6,8-9,16H,3,7H2,1-2H3. The first kappa shape index (κ1) is 13.4. The lowest BCUT2D eigenvalue weighted by Crippen LogP contribution is -2.13. The summed E-state index contributed by atoms with van der Waals surface area (Å²) in [7, 11) is 0. The van der Waals surface area contributed by atoms with E-state index in [-0.39, 0.29) is 5.82 Å². The summed E-state index contributed by atoms with van der Waals surface area (Å²) < 4.78 is 18.7. The van der Waals surface area contributed by atoms with Gasteiger partial charge in [0.25, 0.3) is 0 Å². The average molecular weight is 261 g/mol. The highest BCUT2D eigenvalue weighted by molar-refractivity contribution is 5.31. The van der Waals surface area contributed by atoms with Crippen LogP contribution in [0.15, 0.2) is 30.6 Å². The molecule has 19 heavy (non-hydrogen) atoms.